The van der Waals surface area contributed by atoms with Gasteiger partial charge < -0.3 is 5.32 Å². The fourth-order valence-electron chi connectivity index (χ4n) is 3.65. The molecule has 5 nitrogen and oxygen atoms in total. The Labute approximate surface area is 146 Å². The highest BCUT2D eigenvalue weighted by molar-refractivity contribution is 6.30. The van der Waals surface area contributed by atoms with E-state index < -0.39 is 0 Å². The second kappa shape index (κ2) is 6.93. The number of amides is 3. The summed E-state index contributed by atoms with van der Waals surface area (Å²) in [5, 5.41) is 3.47. The summed E-state index contributed by atoms with van der Waals surface area (Å²) in [5.41, 5.74) is 0.917. The van der Waals surface area contributed by atoms with Gasteiger partial charge in [0.2, 0.25) is 17.7 Å². The van der Waals surface area contributed by atoms with Gasteiger partial charge in [-0.15, -0.1) is 0 Å². The van der Waals surface area contributed by atoms with E-state index in [2.05, 4.69) is 5.32 Å². The maximum atomic E-state index is 12.4. The first-order valence-corrected chi connectivity index (χ1v) is 8.75. The number of rotatable bonds is 4. The van der Waals surface area contributed by atoms with Crippen molar-refractivity contribution in [3.05, 3.63) is 34.9 Å². The minimum atomic E-state index is -0.321. The van der Waals surface area contributed by atoms with Crippen molar-refractivity contribution in [3.8, 4) is 0 Å². The number of halogens is 1. The number of likely N-dealkylation sites (tertiary alicyclic amines) is 1. The lowest BCUT2D eigenvalue weighted by Crippen LogP contribution is -2.41. The fraction of sp³-hybridized carbons (Fsp3) is 0.500. The van der Waals surface area contributed by atoms with E-state index in [1.807, 2.05) is 19.1 Å². The quantitative estimate of drug-likeness (QED) is 0.851. The van der Waals surface area contributed by atoms with Crippen LogP contribution in [0.3, 0.4) is 0 Å². The summed E-state index contributed by atoms with van der Waals surface area (Å²) in [5.74, 6) is -1.11. The minimum absolute atomic E-state index is 0.181. The van der Waals surface area contributed by atoms with E-state index in [9.17, 15) is 14.4 Å². The molecule has 3 amide bonds. The Balaban J connectivity index is 1.61. The largest absolute Gasteiger partial charge is 0.348 e. The summed E-state index contributed by atoms with van der Waals surface area (Å²) in [6, 6.07) is 6.99. The van der Waals surface area contributed by atoms with Crippen LogP contribution >= 0.6 is 11.6 Å². The number of imide groups is 1. The van der Waals surface area contributed by atoms with Crippen LogP contribution in [-0.4, -0.2) is 29.2 Å². The SMILES string of the molecule is CC(NC(=O)CN1C(=O)C2CCCCC2C1=O)c1ccc(Cl)cc1. The zero-order valence-corrected chi connectivity index (χ0v) is 14.4. The van der Waals surface area contributed by atoms with Crippen LogP contribution in [0.4, 0.5) is 0 Å². The van der Waals surface area contributed by atoms with Crippen LogP contribution in [0.15, 0.2) is 24.3 Å². The van der Waals surface area contributed by atoms with Gasteiger partial charge in [0.05, 0.1) is 17.9 Å². The second-order valence-corrected chi connectivity index (χ2v) is 7.04. The van der Waals surface area contributed by atoms with Gasteiger partial charge in [-0.25, -0.2) is 0 Å². The molecule has 2 fully saturated rings. The zero-order valence-electron chi connectivity index (χ0n) is 13.6. The lowest BCUT2D eigenvalue weighted by molar-refractivity contribution is -0.143. The Bertz CT molecular complexity index is 635. The Morgan fingerprint density at radius 2 is 1.71 bits per heavy atom. The smallest absolute Gasteiger partial charge is 0.240 e. The normalized spacial score (nSPS) is 24.7. The molecule has 3 unspecified atom stereocenters. The van der Waals surface area contributed by atoms with E-state index in [1.54, 1.807) is 12.1 Å². The van der Waals surface area contributed by atoms with E-state index in [0.29, 0.717) is 5.02 Å². The van der Waals surface area contributed by atoms with Crippen LogP contribution < -0.4 is 5.32 Å². The van der Waals surface area contributed by atoms with Crippen molar-refractivity contribution in [2.75, 3.05) is 6.54 Å². The Hall–Kier alpha value is -1.88. The number of fused-ring (bicyclic) bond motifs is 1. The molecule has 1 aromatic carbocycles. The van der Waals surface area contributed by atoms with Crippen molar-refractivity contribution in [3.63, 3.8) is 0 Å². The molecule has 6 heteroatoms. The van der Waals surface area contributed by atoms with Crippen LogP contribution in [-0.2, 0) is 14.4 Å². The number of hydrogen-bond donors (Lipinski definition) is 1. The second-order valence-electron chi connectivity index (χ2n) is 6.60. The molecule has 1 saturated heterocycles. The first-order valence-electron chi connectivity index (χ1n) is 8.37. The standard InChI is InChI=1S/C18H21ClN2O3/c1-11(12-6-8-13(19)9-7-12)20-16(22)10-21-17(23)14-4-2-3-5-15(14)18(21)24/h6-9,11,14-15H,2-5,10H2,1H3,(H,20,22). The van der Waals surface area contributed by atoms with Gasteiger partial charge in [-0.1, -0.05) is 36.6 Å². The van der Waals surface area contributed by atoms with Crippen molar-refractivity contribution in [1.82, 2.24) is 10.2 Å². The summed E-state index contributed by atoms with van der Waals surface area (Å²) < 4.78 is 0. The lowest BCUT2D eigenvalue weighted by atomic mass is 9.81. The average Bonchev–Trinajstić information content (AvgIpc) is 2.81. The molecule has 1 aliphatic carbocycles. The van der Waals surface area contributed by atoms with Crippen molar-refractivity contribution in [2.24, 2.45) is 11.8 Å². The first-order chi connectivity index (χ1) is 11.5. The minimum Gasteiger partial charge on any atom is -0.348 e. The molecule has 3 rings (SSSR count). The fourth-order valence-corrected chi connectivity index (χ4v) is 3.78. The van der Waals surface area contributed by atoms with E-state index in [-0.39, 0.29) is 42.1 Å². The zero-order chi connectivity index (χ0) is 17.3. The van der Waals surface area contributed by atoms with Gasteiger partial charge in [0.15, 0.2) is 0 Å². The van der Waals surface area contributed by atoms with Gasteiger partial charge in [0, 0.05) is 5.02 Å². The summed E-state index contributed by atoms with van der Waals surface area (Å²) in [6.07, 6.45) is 3.48. The van der Waals surface area contributed by atoms with Crippen LogP contribution in [0.5, 0.6) is 0 Å². The maximum absolute atomic E-state index is 12.4. The van der Waals surface area contributed by atoms with Gasteiger partial charge >= 0.3 is 0 Å². The molecule has 1 aliphatic heterocycles. The third-order valence-corrected chi connectivity index (χ3v) is 5.23. The molecule has 0 aromatic heterocycles. The number of nitrogens with one attached hydrogen (secondary N) is 1. The lowest BCUT2D eigenvalue weighted by Gasteiger charge is -2.19. The number of benzene rings is 1. The van der Waals surface area contributed by atoms with Crippen molar-refractivity contribution >= 4 is 29.3 Å². The van der Waals surface area contributed by atoms with Crippen LogP contribution in [0.1, 0.15) is 44.2 Å². The molecule has 128 valence electrons. The molecule has 0 bridgehead atoms. The van der Waals surface area contributed by atoms with E-state index in [4.69, 9.17) is 11.6 Å². The maximum Gasteiger partial charge on any atom is 0.240 e. The topological polar surface area (TPSA) is 66.5 Å². The predicted octanol–water partition coefficient (Wildman–Crippen LogP) is 2.69. The molecular formula is C18H21ClN2O3. The van der Waals surface area contributed by atoms with Gasteiger partial charge in [-0.2, -0.15) is 0 Å². The van der Waals surface area contributed by atoms with Crippen LogP contribution in [0, 0.1) is 11.8 Å². The Morgan fingerprint density at radius 3 is 2.25 bits per heavy atom. The molecule has 0 spiro atoms. The van der Waals surface area contributed by atoms with Gasteiger partial charge in [0.1, 0.15) is 6.54 Å². The summed E-state index contributed by atoms with van der Waals surface area (Å²) in [6.45, 7) is 1.66. The average molecular weight is 349 g/mol. The summed E-state index contributed by atoms with van der Waals surface area (Å²) >= 11 is 5.86. The monoisotopic (exact) mass is 348 g/mol. The molecular weight excluding hydrogens is 328 g/mol. The van der Waals surface area contributed by atoms with Crippen molar-refractivity contribution < 1.29 is 14.4 Å². The first kappa shape index (κ1) is 17.0. The van der Waals surface area contributed by atoms with Crippen molar-refractivity contribution in [1.29, 1.82) is 0 Å². The molecule has 1 saturated carbocycles. The Kier molecular flexibility index (Phi) is 4.90. The molecule has 1 heterocycles. The predicted molar refractivity (Wildman–Crippen MR) is 90.2 cm³/mol. The number of hydrogen-bond acceptors (Lipinski definition) is 3. The van der Waals surface area contributed by atoms with Gasteiger partial charge in [-0.3, -0.25) is 19.3 Å². The summed E-state index contributed by atoms with van der Waals surface area (Å²) in [4.78, 5) is 38.2. The molecule has 0 radical (unpaired) electrons. The van der Waals surface area contributed by atoms with Gasteiger partial charge in [0.25, 0.3) is 0 Å². The molecule has 3 atom stereocenters. The van der Waals surface area contributed by atoms with Crippen LogP contribution in [0.25, 0.3) is 0 Å². The van der Waals surface area contributed by atoms with E-state index >= 15 is 0 Å². The Morgan fingerprint density at radius 1 is 1.17 bits per heavy atom. The number of carbonyl (C=O) groups excluding carboxylic acids is 3. The third kappa shape index (κ3) is 3.31. The highest BCUT2D eigenvalue weighted by atomic mass is 35.5. The molecule has 1 aromatic rings. The highest BCUT2D eigenvalue weighted by Crippen LogP contribution is 2.37. The van der Waals surface area contributed by atoms with Crippen molar-refractivity contribution in [2.45, 2.75) is 38.6 Å². The summed E-state index contributed by atoms with van der Waals surface area (Å²) in [7, 11) is 0. The number of carbonyl (C=O) groups is 3. The van der Waals surface area contributed by atoms with Crippen LogP contribution in [0.2, 0.25) is 5.02 Å². The molecule has 2 aliphatic rings. The highest BCUT2D eigenvalue weighted by Gasteiger charge is 2.48. The van der Waals surface area contributed by atoms with E-state index in [0.717, 1.165) is 36.1 Å². The molecule has 1 N–H and O–H groups in total. The third-order valence-electron chi connectivity index (χ3n) is 4.98. The molecule has 24 heavy (non-hydrogen) atoms. The number of nitrogens with zero attached hydrogens (tertiary/aromatic N) is 1. The van der Waals surface area contributed by atoms with Gasteiger partial charge in [-0.05, 0) is 37.5 Å². The van der Waals surface area contributed by atoms with E-state index in [1.165, 1.54) is 0 Å².